The Morgan fingerprint density at radius 1 is 1.22 bits per heavy atom. The van der Waals surface area contributed by atoms with Gasteiger partial charge in [-0.15, -0.1) is 0 Å². The highest BCUT2D eigenvalue weighted by molar-refractivity contribution is 7.80. The highest BCUT2D eigenvalue weighted by Gasteiger charge is 2.07. The van der Waals surface area contributed by atoms with Crippen LogP contribution in [0.5, 0.6) is 0 Å². The predicted octanol–water partition coefficient (Wildman–Crippen LogP) is 4.32. The fourth-order valence-electron chi connectivity index (χ4n) is 2.01. The Hall–Kier alpha value is -2.58. The van der Waals surface area contributed by atoms with Gasteiger partial charge in [-0.1, -0.05) is 17.4 Å². The summed E-state index contributed by atoms with van der Waals surface area (Å²) in [5.41, 5.74) is 2.81. The van der Waals surface area contributed by atoms with Gasteiger partial charge in [-0.25, -0.2) is 4.98 Å². The molecule has 0 aliphatic carbocycles. The Balaban J connectivity index is 1.69. The van der Waals surface area contributed by atoms with Crippen LogP contribution in [0.2, 0.25) is 0 Å². The smallest absolute Gasteiger partial charge is 0.269 e. The van der Waals surface area contributed by atoms with E-state index in [9.17, 15) is 10.1 Å². The lowest BCUT2D eigenvalue weighted by Gasteiger charge is -2.07. The quantitative estimate of drug-likeness (QED) is 0.418. The van der Waals surface area contributed by atoms with Gasteiger partial charge in [0.25, 0.3) is 5.69 Å². The number of aromatic nitrogens is 1. The topological polar surface area (TPSA) is 80.1 Å². The lowest BCUT2D eigenvalue weighted by molar-refractivity contribution is -0.384. The summed E-state index contributed by atoms with van der Waals surface area (Å²) < 4.78 is 1.09. The van der Waals surface area contributed by atoms with Gasteiger partial charge >= 0.3 is 0 Å². The van der Waals surface area contributed by atoms with E-state index in [1.54, 1.807) is 12.1 Å². The monoisotopic (exact) mass is 344 g/mol. The number of hydrogen-bond donors (Lipinski definition) is 2. The van der Waals surface area contributed by atoms with Crippen LogP contribution in [0.25, 0.3) is 10.2 Å². The average Bonchev–Trinajstić information content (AvgIpc) is 2.88. The van der Waals surface area contributed by atoms with Crippen molar-refractivity contribution in [2.75, 3.05) is 10.6 Å². The minimum atomic E-state index is -0.441. The number of nitrogens with zero attached hydrogens (tertiary/aromatic N) is 2. The van der Waals surface area contributed by atoms with Crippen molar-refractivity contribution >= 4 is 55.4 Å². The number of benzene rings is 2. The molecule has 2 aromatic carbocycles. The fourth-order valence-corrected chi connectivity index (χ4v) is 3.26. The molecule has 8 heteroatoms. The molecule has 0 fully saturated rings. The van der Waals surface area contributed by atoms with Crippen LogP contribution in [0.4, 0.5) is 16.5 Å². The third-order valence-electron chi connectivity index (χ3n) is 3.10. The van der Waals surface area contributed by atoms with Gasteiger partial charge in [0.1, 0.15) is 0 Å². The SMILES string of the molecule is Cc1ccc2nc(NC(=S)Nc3ccc([N+](=O)[O-])cc3)sc2c1. The number of anilines is 2. The van der Waals surface area contributed by atoms with E-state index >= 15 is 0 Å². The van der Waals surface area contributed by atoms with Crippen LogP contribution in [-0.4, -0.2) is 15.0 Å². The fraction of sp³-hybridized carbons (Fsp3) is 0.0667. The standard InChI is InChI=1S/C15H12N4O2S2/c1-9-2-7-12-13(8-9)23-15(17-12)18-14(22)16-10-3-5-11(6-4-10)19(20)21/h2-8H,1H3,(H2,16,17,18,22). The molecule has 1 heterocycles. The second-order valence-electron chi connectivity index (χ2n) is 4.87. The van der Waals surface area contributed by atoms with Crippen molar-refractivity contribution < 1.29 is 4.92 Å². The Kier molecular flexibility index (Phi) is 4.18. The van der Waals surface area contributed by atoms with Crippen molar-refractivity contribution in [2.45, 2.75) is 6.92 Å². The maximum Gasteiger partial charge on any atom is 0.269 e. The van der Waals surface area contributed by atoms with Gasteiger partial charge in [-0.05, 0) is 49.0 Å². The van der Waals surface area contributed by atoms with Crippen LogP contribution >= 0.6 is 23.6 Å². The minimum Gasteiger partial charge on any atom is -0.332 e. The zero-order valence-electron chi connectivity index (χ0n) is 12.1. The number of aryl methyl sites for hydroxylation is 1. The van der Waals surface area contributed by atoms with Gasteiger partial charge < -0.3 is 10.6 Å². The number of nitro benzene ring substituents is 1. The maximum atomic E-state index is 10.6. The first-order valence-electron chi connectivity index (χ1n) is 6.71. The molecule has 0 atom stereocenters. The lowest BCUT2D eigenvalue weighted by Crippen LogP contribution is -2.18. The molecule has 23 heavy (non-hydrogen) atoms. The van der Waals surface area contributed by atoms with Crippen LogP contribution in [0.15, 0.2) is 42.5 Å². The van der Waals surface area contributed by atoms with Gasteiger partial charge in [-0.3, -0.25) is 10.1 Å². The number of hydrogen-bond acceptors (Lipinski definition) is 5. The number of rotatable bonds is 3. The minimum absolute atomic E-state index is 0.0379. The summed E-state index contributed by atoms with van der Waals surface area (Å²) >= 11 is 6.76. The average molecular weight is 344 g/mol. The van der Waals surface area contributed by atoms with E-state index in [1.807, 2.05) is 19.1 Å². The van der Waals surface area contributed by atoms with Crippen molar-refractivity contribution in [3.05, 3.63) is 58.1 Å². The molecule has 3 aromatic rings. The van der Waals surface area contributed by atoms with Crippen LogP contribution in [0, 0.1) is 17.0 Å². The van der Waals surface area contributed by atoms with E-state index in [0.717, 1.165) is 10.2 Å². The first-order valence-corrected chi connectivity index (χ1v) is 7.93. The van der Waals surface area contributed by atoms with Gasteiger partial charge in [-0.2, -0.15) is 0 Å². The van der Waals surface area contributed by atoms with Crippen LogP contribution in [-0.2, 0) is 0 Å². The van der Waals surface area contributed by atoms with Crippen LogP contribution < -0.4 is 10.6 Å². The number of fused-ring (bicyclic) bond motifs is 1. The number of nitro groups is 1. The van der Waals surface area contributed by atoms with E-state index in [4.69, 9.17) is 12.2 Å². The van der Waals surface area contributed by atoms with E-state index in [-0.39, 0.29) is 5.69 Å². The lowest BCUT2D eigenvalue weighted by atomic mass is 10.2. The van der Waals surface area contributed by atoms with E-state index in [2.05, 4.69) is 21.7 Å². The molecule has 0 aliphatic heterocycles. The highest BCUT2D eigenvalue weighted by atomic mass is 32.1. The van der Waals surface area contributed by atoms with Gasteiger partial charge in [0.2, 0.25) is 0 Å². The van der Waals surface area contributed by atoms with Crippen molar-refractivity contribution in [1.29, 1.82) is 0 Å². The molecule has 0 bridgehead atoms. The second-order valence-corrected chi connectivity index (χ2v) is 6.31. The molecular weight excluding hydrogens is 332 g/mol. The zero-order chi connectivity index (χ0) is 16.4. The Morgan fingerprint density at radius 3 is 2.65 bits per heavy atom. The number of non-ortho nitro benzene ring substituents is 1. The van der Waals surface area contributed by atoms with Gasteiger partial charge in [0.05, 0.1) is 15.1 Å². The third-order valence-corrected chi connectivity index (χ3v) is 4.24. The zero-order valence-corrected chi connectivity index (χ0v) is 13.7. The normalized spacial score (nSPS) is 10.5. The summed E-state index contributed by atoms with van der Waals surface area (Å²) in [5, 5.41) is 17.7. The van der Waals surface area contributed by atoms with Crippen molar-refractivity contribution in [1.82, 2.24) is 4.98 Å². The Bertz CT molecular complexity index is 890. The molecule has 3 rings (SSSR count). The summed E-state index contributed by atoms with van der Waals surface area (Å²) in [4.78, 5) is 14.6. The first kappa shape index (κ1) is 15.3. The van der Waals surface area contributed by atoms with E-state index in [1.165, 1.54) is 29.0 Å². The molecule has 0 amide bonds. The summed E-state index contributed by atoms with van der Waals surface area (Å²) in [6, 6.07) is 12.1. The number of thiazole rings is 1. The number of nitrogens with one attached hydrogen (secondary N) is 2. The molecule has 0 unspecified atom stereocenters. The van der Waals surface area contributed by atoms with Gasteiger partial charge in [0, 0.05) is 17.8 Å². The van der Waals surface area contributed by atoms with Crippen molar-refractivity contribution in [3.63, 3.8) is 0 Å². The van der Waals surface area contributed by atoms with Crippen LogP contribution in [0.1, 0.15) is 5.56 Å². The molecular formula is C15H12N4O2S2. The molecule has 0 spiro atoms. The van der Waals surface area contributed by atoms with Crippen LogP contribution in [0.3, 0.4) is 0 Å². The summed E-state index contributed by atoms with van der Waals surface area (Å²) in [7, 11) is 0. The molecule has 1 aromatic heterocycles. The molecule has 0 radical (unpaired) electrons. The molecule has 0 aliphatic rings. The maximum absolute atomic E-state index is 10.6. The second kappa shape index (κ2) is 6.27. The molecule has 116 valence electrons. The Morgan fingerprint density at radius 2 is 1.96 bits per heavy atom. The van der Waals surface area contributed by atoms with Gasteiger partial charge in [0.15, 0.2) is 10.2 Å². The van der Waals surface area contributed by atoms with Crippen molar-refractivity contribution in [3.8, 4) is 0 Å². The van der Waals surface area contributed by atoms with E-state index < -0.39 is 4.92 Å². The summed E-state index contributed by atoms with van der Waals surface area (Å²) in [5.74, 6) is 0. The molecule has 0 saturated heterocycles. The first-order chi connectivity index (χ1) is 11.0. The van der Waals surface area contributed by atoms with Crippen molar-refractivity contribution in [2.24, 2.45) is 0 Å². The predicted molar refractivity (Wildman–Crippen MR) is 97.3 cm³/mol. The summed E-state index contributed by atoms with van der Waals surface area (Å²) in [6.07, 6.45) is 0. The molecule has 6 nitrogen and oxygen atoms in total. The summed E-state index contributed by atoms with van der Waals surface area (Å²) in [6.45, 7) is 2.03. The molecule has 0 saturated carbocycles. The third kappa shape index (κ3) is 3.61. The van der Waals surface area contributed by atoms with E-state index in [0.29, 0.717) is 15.9 Å². The largest absolute Gasteiger partial charge is 0.332 e. The number of thiocarbonyl (C=S) groups is 1. The molecule has 2 N–H and O–H groups in total. The highest BCUT2D eigenvalue weighted by Crippen LogP contribution is 2.26. The Labute approximate surface area is 141 Å².